The molecule has 0 unspecified atom stereocenters. The van der Waals surface area contributed by atoms with E-state index in [1.807, 2.05) is 31.4 Å². The molecule has 0 atom stereocenters. The van der Waals surface area contributed by atoms with Crippen LogP contribution in [0.2, 0.25) is 5.02 Å². The number of nitrogens with zero attached hydrogens (tertiary/aromatic N) is 1. The van der Waals surface area contributed by atoms with Gasteiger partial charge in [-0.2, -0.15) is 4.31 Å². The van der Waals surface area contributed by atoms with Crippen LogP contribution in [-0.4, -0.2) is 31.4 Å². The SMILES string of the molecule is CSc1cccc(NC(=O)CN(Cc2cccc(Cl)c2)S(=O)(=O)c2ccc(C)cc2)c1. The first-order chi connectivity index (χ1) is 14.8. The van der Waals surface area contributed by atoms with E-state index >= 15 is 0 Å². The van der Waals surface area contributed by atoms with Gasteiger partial charge in [-0.1, -0.05) is 47.5 Å². The molecule has 3 rings (SSSR count). The first kappa shape index (κ1) is 23.3. The summed E-state index contributed by atoms with van der Waals surface area (Å²) in [6.07, 6.45) is 1.95. The summed E-state index contributed by atoms with van der Waals surface area (Å²) < 4.78 is 27.8. The minimum absolute atomic E-state index is 0.0229. The maximum absolute atomic E-state index is 13.3. The number of anilines is 1. The lowest BCUT2D eigenvalue weighted by molar-refractivity contribution is -0.116. The zero-order valence-corrected chi connectivity index (χ0v) is 19.6. The highest BCUT2D eigenvalue weighted by molar-refractivity contribution is 7.98. The molecule has 1 N–H and O–H groups in total. The van der Waals surface area contributed by atoms with Crippen LogP contribution in [0, 0.1) is 6.92 Å². The molecule has 0 heterocycles. The van der Waals surface area contributed by atoms with Gasteiger partial charge in [0.25, 0.3) is 0 Å². The third-order valence-corrected chi connectivity index (χ3v) is 7.35. The van der Waals surface area contributed by atoms with E-state index < -0.39 is 15.9 Å². The molecule has 0 spiro atoms. The second kappa shape index (κ2) is 10.3. The molecule has 0 aliphatic carbocycles. The summed E-state index contributed by atoms with van der Waals surface area (Å²) in [6, 6.07) is 20.9. The van der Waals surface area contributed by atoms with E-state index in [2.05, 4.69) is 5.32 Å². The second-order valence-corrected chi connectivity index (χ2v) is 10.3. The lowest BCUT2D eigenvalue weighted by Crippen LogP contribution is -2.37. The van der Waals surface area contributed by atoms with Gasteiger partial charge in [0.05, 0.1) is 11.4 Å². The summed E-state index contributed by atoms with van der Waals surface area (Å²) in [4.78, 5) is 13.9. The van der Waals surface area contributed by atoms with E-state index in [0.29, 0.717) is 16.3 Å². The monoisotopic (exact) mass is 474 g/mol. The van der Waals surface area contributed by atoms with E-state index in [0.717, 1.165) is 14.8 Å². The molecule has 1 amide bonds. The summed E-state index contributed by atoms with van der Waals surface area (Å²) in [5, 5.41) is 3.30. The van der Waals surface area contributed by atoms with E-state index in [-0.39, 0.29) is 18.0 Å². The van der Waals surface area contributed by atoms with Crippen LogP contribution in [0.1, 0.15) is 11.1 Å². The molecule has 0 radical (unpaired) electrons. The van der Waals surface area contributed by atoms with E-state index in [1.165, 1.54) is 0 Å². The van der Waals surface area contributed by atoms with E-state index in [9.17, 15) is 13.2 Å². The van der Waals surface area contributed by atoms with Gasteiger partial charge in [-0.25, -0.2) is 8.42 Å². The van der Waals surface area contributed by atoms with Crippen molar-refractivity contribution in [2.24, 2.45) is 0 Å². The summed E-state index contributed by atoms with van der Waals surface area (Å²) in [6.45, 7) is 1.58. The maximum atomic E-state index is 13.3. The van der Waals surface area contributed by atoms with Gasteiger partial charge < -0.3 is 5.32 Å². The normalized spacial score (nSPS) is 11.5. The Labute approximate surface area is 192 Å². The number of amides is 1. The Kier molecular flexibility index (Phi) is 7.78. The standard InChI is InChI=1S/C23H23ClN2O3S2/c1-17-9-11-22(12-10-17)31(28,29)26(15-18-5-3-6-19(24)13-18)16-23(27)25-20-7-4-8-21(14-20)30-2/h3-14H,15-16H2,1-2H3,(H,25,27). The van der Waals surface area contributed by atoms with Crippen molar-refractivity contribution in [1.29, 1.82) is 0 Å². The molecule has 3 aromatic carbocycles. The molecular weight excluding hydrogens is 452 g/mol. The van der Waals surface area contributed by atoms with Crippen molar-refractivity contribution in [3.63, 3.8) is 0 Å². The van der Waals surface area contributed by atoms with E-state index in [1.54, 1.807) is 66.4 Å². The highest BCUT2D eigenvalue weighted by atomic mass is 35.5. The Balaban J connectivity index is 1.87. The van der Waals surface area contributed by atoms with Gasteiger partial charge in [0.15, 0.2) is 0 Å². The molecule has 0 bridgehead atoms. The van der Waals surface area contributed by atoms with Crippen LogP contribution in [0.4, 0.5) is 5.69 Å². The molecule has 162 valence electrons. The first-order valence-electron chi connectivity index (χ1n) is 9.53. The van der Waals surface area contributed by atoms with Gasteiger partial charge in [0.1, 0.15) is 0 Å². The Morgan fingerprint density at radius 2 is 1.74 bits per heavy atom. The van der Waals surface area contributed by atoms with Crippen LogP contribution in [0.25, 0.3) is 0 Å². The molecule has 31 heavy (non-hydrogen) atoms. The molecule has 5 nitrogen and oxygen atoms in total. The van der Waals surface area contributed by atoms with Gasteiger partial charge in [-0.05, 0) is 61.2 Å². The Morgan fingerprint density at radius 3 is 2.42 bits per heavy atom. The van der Waals surface area contributed by atoms with Crippen LogP contribution < -0.4 is 5.32 Å². The number of aryl methyl sites for hydroxylation is 1. The number of sulfonamides is 1. The summed E-state index contributed by atoms with van der Waals surface area (Å²) in [7, 11) is -3.90. The minimum Gasteiger partial charge on any atom is -0.325 e. The van der Waals surface area contributed by atoms with Crippen LogP contribution >= 0.6 is 23.4 Å². The fraction of sp³-hybridized carbons (Fsp3) is 0.174. The predicted molar refractivity (Wildman–Crippen MR) is 127 cm³/mol. The van der Waals surface area contributed by atoms with Crippen LogP contribution in [0.5, 0.6) is 0 Å². The molecule has 0 aromatic heterocycles. The zero-order chi connectivity index (χ0) is 22.4. The fourth-order valence-corrected chi connectivity index (χ4v) is 5.04. The number of nitrogens with one attached hydrogen (secondary N) is 1. The number of carbonyl (C=O) groups excluding carboxylic acids is 1. The van der Waals surface area contributed by atoms with Crippen LogP contribution in [-0.2, 0) is 21.4 Å². The topological polar surface area (TPSA) is 66.5 Å². The molecular formula is C23H23ClN2O3S2. The Bertz CT molecular complexity index is 1170. The second-order valence-electron chi connectivity index (χ2n) is 7.00. The average molecular weight is 475 g/mol. The van der Waals surface area contributed by atoms with Crippen LogP contribution in [0.3, 0.4) is 0 Å². The predicted octanol–water partition coefficient (Wildman–Crippen LogP) is 5.20. The van der Waals surface area contributed by atoms with Crippen molar-refractivity contribution in [3.8, 4) is 0 Å². The van der Waals surface area contributed by atoms with Crippen molar-refractivity contribution in [2.45, 2.75) is 23.3 Å². The lowest BCUT2D eigenvalue weighted by Gasteiger charge is -2.22. The number of halogens is 1. The summed E-state index contributed by atoms with van der Waals surface area (Å²) in [5.74, 6) is -0.420. The molecule has 0 saturated carbocycles. The molecule has 0 fully saturated rings. The van der Waals surface area contributed by atoms with Gasteiger partial charge in [-0.15, -0.1) is 11.8 Å². The highest BCUT2D eigenvalue weighted by Crippen LogP contribution is 2.22. The molecule has 8 heteroatoms. The van der Waals surface area contributed by atoms with Crippen molar-refractivity contribution in [3.05, 3.63) is 88.9 Å². The summed E-state index contributed by atoms with van der Waals surface area (Å²) >= 11 is 7.63. The largest absolute Gasteiger partial charge is 0.325 e. The smallest absolute Gasteiger partial charge is 0.243 e. The number of benzene rings is 3. The molecule has 0 aliphatic rings. The van der Waals surface area contributed by atoms with Gasteiger partial charge in [0.2, 0.25) is 15.9 Å². The fourth-order valence-electron chi connectivity index (χ4n) is 2.99. The van der Waals surface area contributed by atoms with Crippen LogP contribution in [0.15, 0.2) is 82.6 Å². The lowest BCUT2D eigenvalue weighted by atomic mass is 10.2. The van der Waals surface area contributed by atoms with Crippen molar-refractivity contribution >= 4 is 45.0 Å². The number of carbonyl (C=O) groups is 1. The zero-order valence-electron chi connectivity index (χ0n) is 17.2. The number of hydrogen-bond acceptors (Lipinski definition) is 4. The number of rotatable bonds is 8. The van der Waals surface area contributed by atoms with Gasteiger partial charge in [0, 0.05) is 22.2 Å². The number of thioether (sulfide) groups is 1. The molecule has 3 aromatic rings. The third kappa shape index (κ3) is 6.33. The maximum Gasteiger partial charge on any atom is 0.243 e. The third-order valence-electron chi connectivity index (χ3n) is 4.58. The molecule has 0 aliphatic heterocycles. The Morgan fingerprint density at radius 1 is 1.03 bits per heavy atom. The first-order valence-corrected chi connectivity index (χ1v) is 12.6. The molecule has 0 saturated heterocycles. The quantitative estimate of drug-likeness (QED) is 0.455. The minimum atomic E-state index is -3.90. The number of hydrogen-bond donors (Lipinski definition) is 1. The van der Waals surface area contributed by atoms with Gasteiger partial charge in [-0.3, -0.25) is 4.79 Å². The highest BCUT2D eigenvalue weighted by Gasteiger charge is 2.27. The van der Waals surface area contributed by atoms with Crippen molar-refractivity contribution in [2.75, 3.05) is 18.1 Å². The van der Waals surface area contributed by atoms with Gasteiger partial charge >= 0.3 is 0 Å². The Hall–Kier alpha value is -2.32. The van der Waals surface area contributed by atoms with Crippen molar-refractivity contribution in [1.82, 2.24) is 4.31 Å². The average Bonchev–Trinajstić information content (AvgIpc) is 2.73. The summed E-state index contributed by atoms with van der Waals surface area (Å²) in [5.41, 5.74) is 2.26. The van der Waals surface area contributed by atoms with E-state index in [4.69, 9.17) is 11.6 Å². The van der Waals surface area contributed by atoms with Crippen molar-refractivity contribution < 1.29 is 13.2 Å².